The number of halogens is 8. The van der Waals surface area contributed by atoms with E-state index in [1.54, 1.807) is 4.52 Å². The fraction of sp³-hybridized carbons (Fsp3) is 1.00. The lowest BCUT2D eigenvalue weighted by atomic mass is 10.7. The molecule has 0 N–H and O–H groups in total. The SMILES string of the molecule is FC(F)(F)COP1(F)=NP(F)(F)=NP(F)(F)=N1. The van der Waals surface area contributed by atoms with Gasteiger partial charge in [0, 0.05) is 0 Å². The highest BCUT2D eigenvalue weighted by Crippen LogP contribution is 2.81. The summed E-state index contributed by atoms with van der Waals surface area (Å²) in [6.07, 6.45) is -5.07. The van der Waals surface area contributed by atoms with Gasteiger partial charge in [-0.15, -0.1) is 30.3 Å². The lowest BCUT2D eigenvalue weighted by Gasteiger charge is -2.17. The Kier molecular flexibility index (Phi) is 3.86. The molecule has 1 aliphatic heterocycles. The van der Waals surface area contributed by atoms with Crippen LogP contribution < -0.4 is 0 Å². The van der Waals surface area contributed by atoms with Crippen LogP contribution in [0.3, 0.4) is 0 Å². The monoisotopic (exact) mass is 329 g/mol. The van der Waals surface area contributed by atoms with Crippen LogP contribution in [0, 0.1) is 0 Å². The molecule has 0 radical (unpaired) electrons. The van der Waals surface area contributed by atoms with Crippen LogP contribution >= 0.6 is 23.4 Å². The summed E-state index contributed by atoms with van der Waals surface area (Å²) in [6.45, 7) is -2.33. The first-order valence-corrected chi connectivity index (χ1v) is 7.89. The van der Waals surface area contributed by atoms with Crippen molar-refractivity contribution in [2.45, 2.75) is 6.18 Å². The third-order valence-electron chi connectivity index (χ3n) is 1.04. The minimum Gasteiger partial charge on any atom is -0.294 e. The van der Waals surface area contributed by atoms with E-state index in [0.29, 0.717) is 0 Å². The maximum Gasteiger partial charge on any atom is 0.425 e. The van der Waals surface area contributed by atoms with Crippen molar-refractivity contribution in [1.29, 1.82) is 0 Å². The standard InChI is InChI=1S/C2H2F8N3OP3/c3-2(4,5)1-14-17(10)12-15(6,7)11-16(8,9)13-17/h1H2. The first-order valence-electron chi connectivity index (χ1n) is 3.44. The summed E-state index contributed by atoms with van der Waals surface area (Å²) >= 11 is 0. The summed E-state index contributed by atoms with van der Waals surface area (Å²) < 4.78 is 107. The van der Waals surface area contributed by atoms with Crippen molar-refractivity contribution in [2.24, 2.45) is 13.5 Å². The Morgan fingerprint density at radius 1 is 0.824 bits per heavy atom. The fourth-order valence-corrected chi connectivity index (χ4v) is 5.93. The number of alkyl halides is 3. The van der Waals surface area contributed by atoms with Gasteiger partial charge in [0.25, 0.3) is 0 Å². The molecule has 15 heteroatoms. The average molecular weight is 329 g/mol. The molecular formula is C2H2F8N3OP3. The van der Waals surface area contributed by atoms with E-state index in [1.165, 1.54) is 0 Å². The van der Waals surface area contributed by atoms with Crippen LogP contribution in [-0.4, -0.2) is 12.8 Å². The third kappa shape index (κ3) is 5.07. The Bertz CT molecular complexity index is 461. The van der Waals surface area contributed by atoms with E-state index < -0.39 is 36.2 Å². The second-order valence-electron chi connectivity index (χ2n) is 2.54. The Balaban J connectivity index is 3.10. The molecule has 1 rings (SSSR count). The molecule has 0 aromatic rings. The topological polar surface area (TPSA) is 46.3 Å². The number of hydrogen-bond donors (Lipinski definition) is 0. The zero-order valence-electron chi connectivity index (χ0n) is 7.32. The zero-order chi connectivity index (χ0) is 13.5. The maximum absolute atomic E-state index is 13.2. The molecule has 0 amide bonds. The number of nitrogens with zero attached hydrogens (tertiary/aromatic N) is 3. The van der Waals surface area contributed by atoms with Crippen LogP contribution in [0.4, 0.5) is 34.2 Å². The van der Waals surface area contributed by atoms with Crippen molar-refractivity contribution in [3.05, 3.63) is 0 Å². The minimum absolute atomic E-state index is 1.64. The van der Waals surface area contributed by atoms with Crippen LogP contribution in [0.5, 0.6) is 0 Å². The normalized spacial score (nSPS) is 31.1. The fourth-order valence-electron chi connectivity index (χ4n) is 0.656. The van der Waals surface area contributed by atoms with Gasteiger partial charge < -0.3 is 0 Å². The van der Waals surface area contributed by atoms with Gasteiger partial charge in [-0.05, 0) is 0 Å². The predicted octanol–water partition coefficient (Wildman–Crippen LogP) is 6.27. The minimum atomic E-state index is -6.02. The van der Waals surface area contributed by atoms with Gasteiger partial charge in [0.1, 0.15) is 0 Å². The second-order valence-corrected chi connectivity index (χ2v) is 7.71. The van der Waals surface area contributed by atoms with E-state index in [4.69, 9.17) is 0 Å². The predicted molar refractivity (Wildman–Crippen MR) is 45.6 cm³/mol. The van der Waals surface area contributed by atoms with Crippen molar-refractivity contribution in [3.63, 3.8) is 0 Å². The highest BCUT2D eigenvalue weighted by molar-refractivity contribution is 7.77. The van der Waals surface area contributed by atoms with Gasteiger partial charge in [-0.1, -0.05) is 0 Å². The molecule has 0 spiro atoms. The lowest BCUT2D eigenvalue weighted by molar-refractivity contribution is -0.153. The van der Waals surface area contributed by atoms with Crippen LogP contribution in [0.2, 0.25) is 0 Å². The molecule has 0 aromatic heterocycles. The molecule has 102 valence electrons. The lowest BCUT2D eigenvalue weighted by Crippen LogP contribution is -2.15. The molecule has 17 heavy (non-hydrogen) atoms. The summed E-state index contributed by atoms with van der Waals surface area (Å²) in [5.41, 5.74) is 0. The molecule has 0 aromatic carbocycles. The molecule has 0 saturated heterocycles. The molecule has 0 bridgehead atoms. The highest BCUT2D eigenvalue weighted by atomic mass is 31.3. The summed E-state index contributed by atoms with van der Waals surface area (Å²) in [5, 5.41) is 0. The smallest absolute Gasteiger partial charge is 0.294 e. The van der Waals surface area contributed by atoms with Gasteiger partial charge in [-0.2, -0.15) is 17.4 Å². The van der Waals surface area contributed by atoms with Gasteiger partial charge in [-0.3, -0.25) is 4.52 Å². The van der Waals surface area contributed by atoms with E-state index in [9.17, 15) is 34.2 Å². The number of rotatable bonds is 2. The first-order chi connectivity index (χ1) is 7.33. The van der Waals surface area contributed by atoms with E-state index in [1.807, 2.05) is 9.03 Å². The molecule has 1 aliphatic rings. The van der Waals surface area contributed by atoms with Crippen LogP contribution in [0.1, 0.15) is 0 Å². The van der Waals surface area contributed by atoms with Gasteiger partial charge in [0.05, 0.1) is 0 Å². The third-order valence-corrected chi connectivity index (χ3v) is 6.71. The van der Waals surface area contributed by atoms with E-state index in [0.717, 1.165) is 0 Å². The van der Waals surface area contributed by atoms with Crippen molar-refractivity contribution in [3.8, 4) is 0 Å². The summed E-state index contributed by atoms with van der Waals surface area (Å²) in [7, 11) is -17.7. The Labute approximate surface area is 89.4 Å². The van der Waals surface area contributed by atoms with E-state index >= 15 is 0 Å². The zero-order valence-corrected chi connectivity index (χ0v) is 10.0. The molecular weight excluding hydrogens is 327 g/mol. The highest BCUT2D eigenvalue weighted by Gasteiger charge is 2.42. The average Bonchev–Trinajstić information content (AvgIpc) is 1.92. The van der Waals surface area contributed by atoms with Gasteiger partial charge in [0.2, 0.25) is 0 Å². The quantitative estimate of drug-likeness (QED) is 0.435. The van der Waals surface area contributed by atoms with E-state index in [-0.39, 0.29) is 0 Å². The Morgan fingerprint density at radius 3 is 1.71 bits per heavy atom. The largest absolute Gasteiger partial charge is 0.425 e. The molecule has 0 aliphatic carbocycles. The maximum atomic E-state index is 13.2. The van der Waals surface area contributed by atoms with Crippen molar-refractivity contribution in [2.75, 3.05) is 6.61 Å². The molecule has 0 saturated carbocycles. The molecule has 1 heterocycles. The van der Waals surface area contributed by atoms with Gasteiger partial charge in [-0.25, -0.2) is 0 Å². The van der Waals surface area contributed by atoms with Crippen molar-refractivity contribution >= 4 is 23.4 Å². The Morgan fingerprint density at radius 2 is 1.29 bits per heavy atom. The van der Waals surface area contributed by atoms with Gasteiger partial charge >= 0.3 is 29.6 Å². The van der Waals surface area contributed by atoms with Crippen molar-refractivity contribution < 1.29 is 38.7 Å². The molecule has 0 fully saturated rings. The van der Waals surface area contributed by atoms with Crippen LogP contribution in [0.15, 0.2) is 13.5 Å². The molecule has 1 unspecified atom stereocenters. The first kappa shape index (κ1) is 15.1. The summed E-state index contributed by atoms with van der Waals surface area (Å²) in [6, 6.07) is 0. The number of hydrogen-bond acceptors (Lipinski definition) is 4. The molecule has 4 nitrogen and oxygen atoms in total. The van der Waals surface area contributed by atoms with Gasteiger partial charge in [0.15, 0.2) is 6.61 Å². The van der Waals surface area contributed by atoms with Crippen LogP contribution in [0.25, 0.3) is 0 Å². The van der Waals surface area contributed by atoms with E-state index in [2.05, 4.69) is 4.52 Å². The summed E-state index contributed by atoms with van der Waals surface area (Å²) in [4.78, 5) is 0. The second kappa shape index (κ2) is 4.33. The Hall–Kier alpha value is 0.0900. The van der Waals surface area contributed by atoms with Crippen LogP contribution in [-0.2, 0) is 4.52 Å². The van der Waals surface area contributed by atoms with Crippen molar-refractivity contribution in [1.82, 2.24) is 0 Å². The summed E-state index contributed by atoms with van der Waals surface area (Å²) in [5.74, 6) is 0. The molecule has 1 atom stereocenters.